The molecule has 0 amide bonds. The Labute approximate surface area is 114 Å². The molecule has 0 saturated heterocycles. The largest absolute Gasteiger partial charge is 0.478 e. The summed E-state index contributed by atoms with van der Waals surface area (Å²) in [5, 5.41) is 8.88. The molecule has 2 unspecified atom stereocenters. The zero-order chi connectivity index (χ0) is 13.8. The van der Waals surface area contributed by atoms with Gasteiger partial charge < -0.3 is 5.11 Å². The highest BCUT2D eigenvalue weighted by molar-refractivity contribution is 7.85. The van der Waals surface area contributed by atoms with Crippen LogP contribution in [0.2, 0.25) is 0 Å². The van der Waals surface area contributed by atoms with Gasteiger partial charge in [-0.15, -0.1) is 0 Å². The van der Waals surface area contributed by atoms with E-state index in [-0.39, 0.29) is 10.8 Å². The average Bonchev–Trinajstić information content (AvgIpc) is 2.46. The first kappa shape index (κ1) is 13.5. The molecule has 2 aromatic rings. The predicted octanol–water partition coefficient (Wildman–Crippen LogP) is 3.25. The van der Waals surface area contributed by atoms with Gasteiger partial charge in [-0.05, 0) is 24.6 Å². The molecule has 2 rings (SSSR count). The van der Waals surface area contributed by atoms with Gasteiger partial charge in [-0.1, -0.05) is 42.5 Å². The van der Waals surface area contributed by atoms with Gasteiger partial charge in [0.1, 0.15) is 0 Å². The molecule has 0 aliphatic rings. The highest BCUT2D eigenvalue weighted by Gasteiger charge is 2.20. The molecule has 0 heterocycles. The second kappa shape index (κ2) is 5.80. The summed E-state index contributed by atoms with van der Waals surface area (Å²) in [6.07, 6.45) is 0. The minimum atomic E-state index is -1.39. The van der Waals surface area contributed by atoms with Gasteiger partial charge in [0.25, 0.3) is 0 Å². The Morgan fingerprint density at radius 2 is 1.63 bits per heavy atom. The van der Waals surface area contributed by atoms with Crippen molar-refractivity contribution in [2.45, 2.75) is 17.1 Å². The van der Waals surface area contributed by atoms with Crippen LogP contribution in [0.1, 0.15) is 28.1 Å². The normalized spacial score (nSPS) is 13.7. The maximum Gasteiger partial charge on any atom is 0.336 e. The molecule has 0 saturated carbocycles. The quantitative estimate of drug-likeness (QED) is 0.931. The average molecular weight is 274 g/mol. The van der Waals surface area contributed by atoms with E-state index in [2.05, 4.69) is 0 Å². The summed E-state index contributed by atoms with van der Waals surface area (Å²) in [6, 6.07) is 15.9. The lowest BCUT2D eigenvalue weighted by Gasteiger charge is -2.13. The van der Waals surface area contributed by atoms with Gasteiger partial charge in [0.05, 0.1) is 26.5 Å². The van der Waals surface area contributed by atoms with Gasteiger partial charge in [-0.3, -0.25) is 4.21 Å². The maximum absolute atomic E-state index is 12.5. The Bertz CT molecular complexity index is 608. The van der Waals surface area contributed by atoms with Crippen molar-refractivity contribution in [1.29, 1.82) is 0 Å². The predicted molar refractivity (Wildman–Crippen MR) is 74.7 cm³/mol. The molecule has 0 aliphatic heterocycles. The summed E-state index contributed by atoms with van der Waals surface area (Å²) in [7, 11) is -1.39. The van der Waals surface area contributed by atoms with Crippen molar-refractivity contribution in [3.05, 3.63) is 65.7 Å². The number of hydrogen-bond donors (Lipinski definition) is 1. The van der Waals surface area contributed by atoms with Crippen LogP contribution in [-0.4, -0.2) is 15.3 Å². The lowest BCUT2D eigenvalue weighted by Crippen LogP contribution is -2.08. The van der Waals surface area contributed by atoms with E-state index in [1.807, 2.05) is 37.3 Å². The standard InChI is InChI=1S/C15H14O3S/c1-11(12-7-3-2-4-8-12)19(18)14-10-6-5-9-13(14)15(16)17/h2-11H,1H3,(H,16,17). The fourth-order valence-electron chi connectivity index (χ4n) is 1.86. The van der Waals surface area contributed by atoms with Crippen molar-refractivity contribution < 1.29 is 14.1 Å². The second-order valence-corrected chi connectivity index (χ2v) is 5.89. The Morgan fingerprint density at radius 1 is 1.05 bits per heavy atom. The highest BCUT2D eigenvalue weighted by Crippen LogP contribution is 2.26. The highest BCUT2D eigenvalue weighted by atomic mass is 32.2. The summed E-state index contributed by atoms with van der Waals surface area (Å²) >= 11 is 0. The number of aromatic carboxylic acids is 1. The van der Waals surface area contributed by atoms with Crippen LogP contribution in [0.25, 0.3) is 0 Å². The lowest BCUT2D eigenvalue weighted by molar-refractivity contribution is 0.0693. The van der Waals surface area contributed by atoms with E-state index < -0.39 is 16.8 Å². The van der Waals surface area contributed by atoms with Crippen LogP contribution < -0.4 is 0 Å². The van der Waals surface area contributed by atoms with Crippen LogP contribution in [0, 0.1) is 0 Å². The fourth-order valence-corrected chi connectivity index (χ4v) is 3.23. The molecule has 2 aromatic carbocycles. The number of rotatable bonds is 4. The minimum Gasteiger partial charge on any atom is -0.478 e. The third-order valence-electron chi connectivity index (χ3n) is 2.92. The Kier molecular flexibility index (Phi) is 4.12. The first-order chi connectivity index (χ1) is 9.11. The van der Waals surface area contributed by atoms with Crippen LogP contribution in [0.3, 0.4) is 0 Å². The van der Waals surface area contributed by atoms with E-state index in [1.165, 1.54) is 6.07 Å². The van der Waals surface area contributed by atoms with Gasteiger partial charge in [0.2, 0.25) is 0 Å². The number of carbonyl (C=O) groups is 1. The van der Waals surface area contributed by atoms with Crippen molar-refractivity contribution in [2.75, 3.05) is 0 Å². The summed E-state index contributed by atoms with van der Waals surface area (Å²) in [4.78, 5) is 11.5. The van der Waals surface area contributed by atoms with E-state index >= 15 is 0 Å². The first-order valence-electron chi connectivity index (χ1n) is 5.89. The smallest absolute Gasteiger partial charge is 0.336 e. The van der Waals surface area contributed by atoms with Gasteiger partial charge in [-0.2, -0.15) is 0 Å². The van der Waals surface area contributed by atoms with Gasteiger partial charge in [-0.25, -0.2) is 4.79 Å². The fraction of sp³-hybridized carbons (Fsp3) is 0.133. The number of benzene rings is 2. The van der Waals surface area contributed by atoms with Crippen molar-refractivity contribution in [3.8, 4) is 0 Å². The Balaban J connectivity index is 2.38. The van der Waals surface area contributed by atoms with Crippen LogP contribution >= 0.6 is 0 Å². The molecule has 3 nitrogen and oxygen atoms in total. The molecule has 19 heavy (non-hydrogen) atoms. The van der Waals surface area contributed by atoms with Crippen LogP contribution in [0.4, 0.5) is 0 Å². The Hall–Kier alpha value is -1.94. The van der Waals surface area contributed by atoms with E-state index in [9.17, 15) is 9.00 Å². The summed E-state index contributed by atoms with van der Waals surface area (Å²) in [5.41, 5.74) is 1.03. The monoisotopic (exact) mass is 274 g/mol. The van der Waals surface area contributed by atoms with Gasteiger partial charge in [0.15, 0.2) is 0 Å². The van der Waals surface area contributed by atoms with Crippen molar-refractivity contribution in [3.63, 3.8) is 0 Å². The van der Waals surface area contributed by atoms with E-state index in [0.29, 0.717) is 4.90 Å². The van der Waals surface area contributed by atoms with Crippen LogP contribution in [0.5, 0.6) is 0 Å². The molecule has 98 valence electrons. The topological polar surface area (TPSA) is 54.4 Å². The SMILES string of the molecule is CC(c1ccccc1)S(=O)c1ccccc1C(=O)O. The summed E-state index contributed by atoms with van der Waals surface area (Å²) < 4.78 is 12.5. The molecule has 0 spiro atoms. The van der Waals surface area contributed by atoms with Crippen molar-refractivity contribution >= 4 is 16.8 Å². The zero-order valence-corrected chi connectivity index (χ0v) is 11.3. The second-order valence-electron chi connectivity index (χ2n) is 4.15. The maximum atomic E-state index is 12.5. The molecule has 0 fully saturated rings. The van der Waals surface area contributed by atoms with E-state index in [4.69, 9.17) is 5.11 Å². The number of carboxylic acids is 1. The van der Waals surface area contributed by atoms with E-state index in [1.54, 1.807) is 18.2 Å². The lowest BCUT2D eigenvalue weighted by atomic mass is 10.2. The molecule has 2 atom stereocenters. The minimum absolute atomic E-state index is 0.101. The zero-order valence-electron chi connectivity index (χ0n) is 10.4. The number of hydrogen-bond acceptors (Lipinski definition) is 2. The third-order valence-corrected chi connectivity index (χ3v) is 4.63. The van der Waals surface area contributed by atoms with Gasteiger partial charge in [0, 0.05) is 0 Å². The van der Waals surface area contributed by atoms with Crippen molar-refractivity contribution in [1.82, 2.24) is 0 Å². The molecule has 0 aromatic heterocycles. The number of carboxylic acid groups (broad SMARTS) is 1. The summed E-state index contributed by atoms with van der Waals surface area (Å²) in [5.74, 6) is -1.05. The molecular formula is C15H14O3S. The molecule has 0 bridgehead atoms. The molecule has 4 heteroatoms. The summed E-state index contributed by atoms with van der Waals surface area (Å²) in [6.45, 7) is 1.84. The van der Waals surface area contributed by atoms with Crippen molar-refractivity contribution in [2.24, 2.45) is 0 Å². The Morgan fingerprint density at radius 3 is 2.26 bits per heavy atom. The van der Waals surface area contributed by atoms with Crippen LogP contribution in [-0.2, 0) is 10.8 Å². The molecule has 0 radical (unpaired) electrons. The first-order valence-corrected chi connectivity index (χ1v) is 7.10. The molecule has 0 aliphatic carbocycles. The van der Waals surface area contributed by atoms with Crippen LogP contribution in [0.15, 0.2) is 59.5 Å². The van der Waals surface area contributed by atoms with E-state index in [0.717, 1.165) is 5.56 Å². The third kappa shape index (κ3) is 2.90. The van der Waals surface area contributed by atoms with Gasteiger partial charge >= 0.3 is 5.97 Å². The molecule has 1 N–H and O–H groups in total. The molecular weight excluding hydrogens is 260 g/mol.